The lowest BCUT2D eigenvalue weighted by Crippen LogP contribution is -2.14. The topological polar surface area (TPSA) is 21.3 Å². The van der Waals surface area contributed by atoms with Crippen molar-refractivity contribution in [2.75, 3.05) is 13.2 Å². The van der Waals surface area contributed by atoms with Crippen LogP contribution < -0.4 is 10.1 Å². The fourth-order valence-electron chi connectivity index (χ4n) is 1.59. The summed E-state index contributed by atoms with van der Waals surface area (Å²) in [5.74, 6) is 0.897. The van der Waals surface area contributed by atoms with Gasteiger partial charge in [0.05, 0.1) is 15.6 Å². The molecule has 0 aliphatic heterocycles. The Hall–Kier alpha value is -0.0600. The van der Waals surface area contributed by atoms with Crippen molar-refractivity contribution in [1.29, 1.82) is 0 Å². The molecular weight excluding hydrogens is 358 g/mol. The summed E-state index contributed by atoms with van der Waals surface area (Å²) >= 11 is 7.14. The van der Waals surface area contributed by atoms with Gasteiger partial charge in [0.2, 0.25) is 0 Å². The predicted octanol–water partition coefficient (Wildman–Crippen LogP) is 4.89. The molecule has 102 valence electrons. The Balaban J connectivity index is 2.61. The van der Waals surface area contributed by atoms with E-state index < -0.39 is 0 Å². The average molecular weight is 379 g/mol. The number of benzene rings is 1. The van der Waals surface area contributed by atoms with Crippen LogP contribution in [0.5, 0.6) is 5.75 Å². The van der Waals surface area contributed by atoms with Gasteiger partial charge in [-0.2, -0.15) is 0 Å². The van der Waals surface area contributed by atoms with E-state index in [0.717, 1.165) is 40.8 Å². The van der Waals surface area contributed by atoms with E-state index in [-0.39, 0.29) is 0 Å². The Bertz CT molecular complexity index is 346. The fraction of sp³-hybridized carbons (Fsp3) is 0.571. The van der Waals surface area contributed by atoms with Gasteiger partial charge in [-0.25, -0.2) is 0 Å². The van der Waals surface area contributed by atoms with Crippen molar-refractivity contribution in [2.24, 2.45) is 0 Å². The first-order valence-corrected chi connectivity index (χ1v) is 8.09. The minimum Gasteiger partial charge on any atom is -0.491 e. The summed E-state index contributed by atoms with van der Waals surface area (Å²) in [5, 5.41) is 3.44. The van der Waals surface area contributed by atoms with Crippen molar-refractivity contribution in [3.8, 4) is 5.75 Å². The van der Waals surface area contributed by atoms with Gasteiger partial charge in [0.1, 0.15) is 5.75 Å². The molecule has 1 aromatic carbocycles. The molecule has 0 bridgehead atoms. The van der Waals surface area contributed by atoms with Gasteiger partial charge in [0.15, 0.2) is 0 Å². The van der Waals surface area contributed by atoms with Crippen LogP contribution in [0, 0.1) is 0 Å². The maximum atomic E-state index is 5.70. The van der Waals surface area contributed by atoms with Crippen LogP contribution in [0.15, 0.2) is 21.1 Å². The number of rotatable bonds is 8. The zero-order chi connectivity index (χ0) is 13.4. The Kier molecular flexibility index (Phi) is 7.95. The molecule has 1 N–H and O–H groups in total. The van der Waals surface area contributed by atoms with Gasteiger partial charge in [-0.3, -0.25) is 0 Å². The standard InChI is InChI=1S/C14H21Br2NO/c1-3-5-6-17-10-11-8-12(15)14(13(16)9-11)18-7-4-2/h8-9,17H,3-7,10H2,1-2H3. The molecule has 0 aliphatic carbocycles. The Morgan fingerprint density at radius 3 is 2.33 bits per heavy atom. The van der Waals surface area contributed by atoms with E-state index in [1.807, 2.05) is 0 Å². The van der Waals surface area contributed by atoms with E-state index in [0.29, 0.717) is 0 Å². The van der Waals surface area contributed by atoms with Crippen LogP contribution in [0.2, 0.25) is 0 Å². The first-order valence-electron chi connectivity index (χ1n) is 6.50. The Labute approximate surface area is 127 Å². The molecule has 0 saturated heterocycles. The number of unbranched alkanes of at least 4 members (excludes halogenated alkanes) is 1. The summed E-state index contributed by atoms with van der Waals surface area (Å²) in [6.07, 6.45) is 3.46. The average Bonchev–Trinajstić information content (AvgIpc) is 2.34. The molecule has 0 radical (unpaired) electrons. The molecule has 18 heavy (non-hydrogen) atoms. The predicted molar refractivity (Wildman–Crippen MR) is 84.2 cm³/mol. The number of hydrogen-bond acceptors (Lipinski definition) is 2. The van der Waals surface area contributed by atoms with Crippen molar-refractivity contribution in [3.63, 3.8) is 0 Å². The molecule has 0 unspecified atom stereocenters. The summed E-state index contributed by atoms with van der Waals surface area (Å²) in [7, 11) is 0. The van der Waals surface area contributed by atoms with E-state index in [9.17, 15) is 0 Å². The number of ether oxygens (including phenoxy) is 1. The molecule has 0 aromatic heterocycles. The molecular formula is C14H21Br2NO. The van der Waals surface area contributed by atoms with Crippen molar-refractivity contribution in [1.82, 2.24) is 5.32 Å². The SMILES string of the molecule is CCCCNCc1cc(Br)c(OCCC)c(Br)c1. The van der Waals surface area contributed by atoms with E-state index in [4.69, 9.17) is 4.74 Å². The van der Waals surface area contributed by atoms with Crippen molar-refractivity contribution >= 4 is 31.9 Å². The van der Waals surface area contributed by atoms with Crippen LogP contribution in [-0.2, 0) is 6.54 Å². The van der Waals surface area contributed by atoms with Gasteiger partial charge in [-0.1, -0.05) is 20.3 Å². The molecule has 0 aliphatic rings. The Morgan fingerprint density at radius 1 is 1.11 bits per heavy atom. The monoisotopic (exact) mass is 377 g/mol. The first-order chi connectivity index (χ1) is 8.69. The fourth-order valence-corrected chi connectivity index (χ4v) is 3.10. The summed E-state index contributed by atoms with van der Waals surface area (Å²) in [6, 6.07) is 4.24. The summed E-state index contributed by atoms with van der Waals surface area (Å²) < 4.78 is 7.72. The molecule has 0 amide bonds. The summed E-state index contributed by atoms with van der Waals surface area (Å²) in [4.78, 5) is 0. The summed E-state index contributed by atoms with van der Waals surface area (Å²) in [6.45, 7) is 7.01. The van der Waals surface area contributed by atoms with Crippen LogP contribution in [-0.4, -0.2) is 13.2 Å². The second-order valence-electron chi connectivity index (χ2n) is 4.27. The molecule has 2 nitrogen and oxygen atoms in total. The van der Waals surface area contributed by atoms with Crippen molar-refractivity contribution in [3.05, 3.63) is 26.6 Å². The van der Waals surface area contributed by atoms with E-state index in [2.05, 4.69) is 63.2 Å². The van der Waals surface area contributed by atoms with E-state index in [1.165, 1.54) is 18.4 Å². The molecule has 0 heterocycles. The third kappa shape index (κ3) is 5.29. The minimum atomic E-state index is 0.741. The second kappa shape index (κ2) is 8.94. The van der Waals surface area contributed by atoms with Crippen LogP contribution in [0.25, 0.3) is 0 Å². The zero-order valence-corrected chi connectivity index (χ0v) is 14.2. The lowest BCUT2D eigenvalue weighted by Gasteiger charge is -2.12. The van der Waals surface area contributed by atoms with Gasteiger partial charge in [0, 0.05) is 6.54 Å². The van der Waals surface area contributed by atoms with Gasteiger partial charge in [0.25, 0.3) is 0 Å². The molecule has 0 spiro atoms. The normalized spacial score (nSPS) is 10.7. The summed E-state index contributed by atoms with van der Waals surface area (Å²) in [5.41, 5.74) is 1.26. The third-order valence-electron chi connectivity index (χ3n) is 2.54. The van der Waals surface area contributed by atoms with Crippen LogP contribution in [0.3, 0.4) is 0 Å². The lowest BCUT2D eigenvalue weighted by molar-refractivity contribution is 0.313. The number of hydrogen-bond donors (Lipinski definition) is 1. The van der Waals surface area contributed by atoms with Gasteiger partial charge in [-0.15, -0.1) is 0 Å². The molecule has 4 heteroatoms. The zero-order valence-electron chi connectivity index (χ0n) is 11.1. The molecule has 0 atom stereocenters. The number of halogens is 2. The smallest absolute Gasteiger partial charge is 0.147 e. The molecule has 1 aromatic rings. The van der Waals surface area contributed by atoms with Gasteiger partial charge < -0.3 is 10.1 Å². The highest BCUT2D eigenvalue weighted by atomic mass is 79.9. The van der Waals surface area contributed by atoms with E-state index in [1.54, 1.807) is 0 Å². The molecule has 0 fully saturated rings. The largest absolute Gasteiger partial charge is 0.491 e. The van der Waals surface area contributed by atoms with Gasteiger partial charge >= 0.3 is 0 Å². The number of nitrogens with one attached hydrogen (secondary N) is 1. The highest BCUT2D eigenvalue weighted by Gasteiger charge is 2.08. The van der Waals surface area contributed by atoms with Crippen LogP contribution >= 0.6 is 31.9 Å². The second-order valence-corrected chi connectivity index (χ2v) is 5.98. The highest BCUT2D eigenvalue weighted by molar-refractivity contribution is 9.11. The van der Waals surface area contributed by atoms with Gasteiger partial charge in [-0.05, 0) is 68.9 Å². The van der Waals surface area contributed by atoms with Crippen LogP contribution in [0.1, 0.15) is 38.7 Å². The highest BCUT2D eigenvalue weighted by Crippen LogP contribution is 2.34. The maximum absolute atomic E-state index is 5.70. The van der Waals surface area contributed by atoms with Crippen molar-refractivity contribution in [2.45, 2.75) is 39.7 Å². The maximum Gasteiger partial charge on any atom is 0.147 e. The Morgan fingerprint density at radius 2 is 1.78 bits per heavy atom. The van der Waals surface area contributed by atoms with E-state index >= 15 is 0 Å². The van der Waals surface area contributed by atoms with Crippen molar-refractivity contribution < 1.29 is 4.74 Å². The lowest BCUT2D eigenvalue weighted by atomic mass is 10.2. The minimum absolute atomic E-state index is 0.741. The first kappa shape index (κ1) is 16.0. The molecule has 0 saturated carbocycles. The third-order valence-corrected chi connectivity index (χ3v) is 3.72. The van der Waals surface area contributed by atoms with Crippen LogP contribution in [0.4, 0.5) is 0 Å². The quantitative estimate of drug-likeness (QED) is 0.650. The molecule has 1 rings (SSSR count).